The van der Waals surface area contributed by atoms with Crippen molar-refractivity contribution in [3.05, 3.63) is 29.8 Å². The number of aromatic nitrogens is 2. The van der Waals surface area contributed by atoms with Gasteiger partial charge in [-0.1, -0.05) is 0 Å². The van der Waals surface area contributed by atoms with Crippen LogP contribution >= 0.6 is 24.8 Å². The monoisotopic (exact) mass is 454 g/mol. The van der Waals surface area contributed by atoms with Crippen LogP contribution in [0.5, 0.6) is 0 Å². The molecule has 0 spiro atoms. The van der Waals surface area contributed by atoms with E-state index in [1.54, 1.807) is 6.07 Å². The van der Waals surface area contributed by atoms with Gasteiger partial charge in [0.2, 0.25) is 5.91 Å². The van der Waals surface area contributed by atoms with Gasteiger partial charge in [-0.05, 0) is 38.1 Å². The van der Waals surface area contributed by atoms with Gasteiger partial charge in [0, 0.05) is 32.3 Å². The van der Waals surface area contributed by atoms with Crippen molar-refractivity contribution in [2.75, 3.05) is 25.9 Å². The number of halogens is 3. The summed E-state index contributed by atoms with van der Waals surface area (Å²) in [6.45, 7) is 1.26. The van der Waals surface area contributed by atoms with Crippen LogP contribution < -0.4 is 10.6 Å². The number of amides is 1. The zero-order chi connectivity index (χ0) is 18.9. The van der Waals surface area contributed by atoms with Gasteiger partial charge in [-0.2, -0.15) is 0 Å². The Hall–Kier alpha value is -1.42. The molecule has 11 heteroatoms. The molecule has 0 saturated carbocycles. The Kier molecular flexibility index (Phi) is 8.25. The molecule has 0 radical (unpaired) electrons. The molecule has 3 rings (SSSR count). The van der Waals surface area contributed by atoms with Crippen LogP contribution in [0.25, 0.3) is 11.0 Å². The second-order valence-electron chi connectivity index (χ2n) is 6.74. The maximum atomic E-state index is 13.3. The second-order valence-corrected chi connectivity index (χ2v) is 9.07. The predicted molar refractivity (Wildman–Crippen MR) is 112 cm³/mol. The average Bonchev–Trinajstić information content (AvgIpc) is 2.89. The summed E-state index contributed by atoms with van der Waals surface area (Å²) < 4.78 is 38.3. The lowest BCUT2D eigenvalue weighted by atomic mass is 9.96. The van der Waals surface area contributed by atoms with Gasteiger partial charge in [-0.3, -0.25) is 4.79 Å². The van der Waals surface area contributed by atoms with Crippen LogP contribution in [0.3, 0.4) is 0 Å². The number of aryl methyl sites for hydroxylation is 1. The normalized spacial score (nSPS) is 16.1. The summed E-state index contributed by atoms with van der Waals surface area (Å²) >= 11 is 0. The summed E-state index contributed by atoms with van der Waals surface area (Å²) in [7, 11) is -1.70. The van der Waals surface area contributed by atoms with Gasteiger partial charge in [0.05, 0.1) is 11.0 Å². The van der Waals surface area contributed by atoms with Crippen LogP contribution in [0.1, 0.15) is 18.7 Å². The summed E-state index contributed by atoms with van der Waals surface area (Å²) in [5, 5.41) is 5.84. The van der Waals surface area contributed by atoms with Crippen molar-refractivity contribution < 1.29 is 17.6 Å². The van der Waals surface area contributed by atoms with Crippen LogP contribution in [-0.2, 0) is 28.1 Å². The van der Waals surface area contributed by atoms with E-state index in [2.05, 4.69) is 15.6 Å². The highest BCUT2D eigenvalue weighted by Gasteiger charge is 2.48. The zero-order valence-electron chi connectivity index (χ0n) is 15.7. The van der Waals surface area contributed by atoms with Gasteiger partial charge in [-0.25, -0.2) is 17.8 Å². The molecule has 2 heterocycles. The first-order valence-electron chi connectivity index (χ1n) is 8.54. The Bertz CT molecular complexity index is 943. The highest BCUT2D eigenvalue weighted by atomic mass is 35.5. The summed E-state index contributed by atoms with van der Waals surface area (Å²) in [4.78, 5) is 17.1. The van der Waals surface area contributed by atoms with Crippen molar-refractivity contribution in [2.24, 2.45) is 7.05 Å². The molecule has 7 nitrogen and oxygen atoms in total. The number of hydrogen-bond donors (Lipinski definition) is 2. The molecule has 1 aliphatic rings. The molecule has 0 atom stereocenters. The first-order valence-corrected chi connectivity index (χ1v) is 10.4. The van der Waals surface area contributed by atoms with Gasteiger partial charge in [-0.15, -0.1) is 24.8 Å². The van der Waals surface area contributed by atoms with E-state index in [0.29, 0.717) is 30.9 Å². The molecular formula is C17H25Cl2FN4O3S. The number of piperidine rings is 1. The largest absolute Gasteiger partial charge is 0.354 e. The Morgan fingerprint density at radius 2 is 1.96 bits per heavy atom. The van der Waals surface area contributed by atoms with Crippen molar-refractivity contribution in [1.29, 1.82) is 0 Å². The lowest BCUT2D eigenvalue weighted by Crippen LogP contribution is -2.57. The third kappa shape index (κ3) is 4.59. The van der Waals surface area contributed by atoms with E-state index in [4.69, 9.17) is 0 Å². The fourth-order valence-corrected chi connectivity index (χ4v) is 4.85. The number of hydrogen-bond acceptors (Lipinski definition) is 5. The fourth-order valence-electron chi connectivity index (χ4n) is 3.49. The number of nitrogens with one attached hydrogen (secondary N) is 2. The average molecular weight is 455 g/mol. The number of benzene rings is 1. The van der Waals surface area contributed by atoms with Gasteiger partial charge >= 0.3 is 0 Å². The molecule has 1 fully saturated rings. The van der Waals surface area contributed by atoms with Crippen LogP contribution in [0.2, 0.25) is 0 Å². The molecule has 28 heavy (non-hydrogen) atoms. The minimum atomic E-state index is -3.53. The van der Waals surface area contributed by atoms with E-state index in [0.717, 1.165) is 11.8 Å². The van der Waals surface area contributed by atoms with Crippen LogP contribution in [0.15, 0.2) is 18.2 Å². The SMILES string of the molecule is Cl.Cl.Cn1c(CCNC(=O)C2(S(C)(=O)=O)CCNCC2)nc2cc(F)ccc21. The van der Waals surface area contributed by atoms with Crippen molar-refractivity contribution >= 4 is 51.6 Å². The quantitative estimate of drug-likeness (QED) is 0.711. The molecule has 1 aromatic heterocycles. The Balaban J connectivity index is 0.00000196. The zero-order valence-corrected chi connectivity index (χ0v) is 18.1. The molecule has 158 valence electrons. The van der Waals surface area contributed by atoms with Crippen molar-refractivity contribution in [2.45, 2.75) is 24.0 Å². The van der Waals surface area contributed by atoms with E-state index in [9.17, 15) is 17.6 Å². The molecule has 2 N–H and O–H groups in total. The van der Waals surface area contributed by atoms with Gasteiger partial charge in [0.15, 0.2) is 14.6 Å². The van der Waals surface area contributed by atoms with Crippen molar-refractivity contribution in [3.63, 3.8) is 0 Å². The molecule has 2 aromatic rings. The molecule has 1 saturated heterocycles. The van der Waals surface area contributed by atoms with Crippen LogP contribution in [0.4, 0.5) is 4.39 Å². The highest BCUT2D eigenvalue weighted by molar-refractivity contribution is 7.92. The van der Waals surface area contributed by atoms with Crippen LogP contribution in [0, 0.1) is 5.82 Å². The fraction of sp³-hybridized carbons (Fsp3) is 0.529. The topological polar surface area (TPSA) is 93.1 Å². The molecule has 1 amide bonds. The van der Waals surface area contributed by atoms with Gasteiger partial charge < -0.3 is 15.2 Å². The Labute approximate surface area is 176 Å². The maximum Gasteiger partial charge on any atom is 0.241 e. The Morgan fingerprint density at radius 3 is 2.57 bits per heavy atom. The van der Waals surface area contributed by atoms with E-state index >= 15 is 0 Å². The molecule has 1 aromatic carbocycles. The summed E-state index contributed by atoms with van der Waals surface area (Å²) in [5.41, 5.74) is 1.36. The predicted octanol–water partition coefficient (Wildman–Crippen LogP) is 1.38. The van der Waals surface area contributed by atoms with E-state index in [1.165, 1.54) is 12.1 Å². The number of rotatable bonds is 5. The lowest BCUT2D eigenvalue weighted by molar-refractivity contribution is -0.124. The second kappa shape index (κ2) is 9.39. The summed E-state index contributed by atoms with van der Waals surface area (Å²) in [5.74, 6) is -0.104. The van der Waals surface area contributed by atoms with Crippen LogP contribution in [-0.4, -0.2) is 54.5 Å². The molecule has 0 aliphatic carbocycles. The number of fused-ring (bicyclic) bond motifs is 1. The first-order chi connectivity index (χ1) is 12.2. The van der Waals surface area contributed by atoms with E-state index < -0.39 is 20.5 Å². The smallest absolute Gasteiger partial charge is 0.241 e. The highest BCUT2D eigenvalue weighted by Crippen LogP contribution is 2.28. The van der Waals surface area contributed by atoms with E-state index in [-0.39, 0.29) is 50.0 Å². The standard InChI is InChI=1S/C17H23FN4O3S.2ClH/c1-22-14-4-3-12(18)11-13(14)21-15(22)5-8-20-16(23)17(26(2,24)25)6-9-19-10-7-17;;/h3-4,11,19H,5-10H2,1-2H3,(H,20,23);2*1H. The molecular weight excluding hydrogens is 430 g/mol. The minimum Gasteiger partial charge on any atom is -0.354 e. The van der Waals surface area contributed by atoms with Gasteiger partial charge in [0.1, 0.15) is 11.6 Å². The van der Waals surface area contributed by atoms with Crippen molar-refractivity contribution in [3.8, 4) is 0 Å². The molecule has 0 unspecified atom stereocenters. The molecule has 0 bridgehead atoms. The van der Waals surface area contributed by atoms with Crippen molar-refractivity contribution in [1.82, 2.24) is 20.2 Å². The number of imidazole rings is 1. The lowest BCUT2D eigenvalue weighted by Gasteiger charge is -2.34. The third-order valence-corrected chi connectivity index (χ3v) is 7.12. The minimum absolute atomic E-state index is 0. The summed E-state index contributed by atoms with van der Waals surface area (Å²) in [6.07, 6.45) is 2.08. The van der Waals surface area contributed by atoms with E-state index in [1.807, 2.05) is 11.6 Å². The van der Waals surface area contributed by atoms with Gasteiger partial charge in [0.25, 0.3) is 0 Å². The molecule has 1 aliphatic heterocycles. The number of nitrogens with zero attached hydrogens (tertiary/aromatic N) is 2. The summed E-state index contributed by atoms with van der Waals surface area (Å²) in [6, 6.07) is 4.40. The number of carbonyl (C=O) groups excluding carboxylic acids is 1. The third-order valence-electron chi connectivity index (χ3n) is 5.10. The number of carbonyl (C=O) groups is 1. The maximum absolute atomic E-state index is 13.3. The first kappa shape index (κ1) is 24.6. The Morgan fingerprint density at radius 1 is 1.32 bits per heavy atom. The number of sulfone groups is 1.